The van der Waals surface area contributed by atoms with Crippen LogP contribution in [0.3, 0.4) is 0 Å². The van der Waals surface area contributed by atoms with E-state index >= 15 is 0 Å². The Morgan fingerprint density at radius 3 is 2.69 bits per heavy atom. The number of hydrogen-bond acceptors (Lipinski definition) is 5. The highest BCUT2D eigenvalue weighted by Crippen LogP contribution is 2.25. The largest absolute Gasteiger partial charge is 0.480 e. The molecule has 2 amide bonds. The normalized spacial score (nSPS) is 18.9. The Hall–Kier alpha value is -2.35. The molecule has 1 aromatic heterocycles. The average Bonchev–Trinajstić information content (AvgIpc) is 2.60. The van der Waals surface area contributed by atoms with Crippen molar-refractivity contribution in [3.05, 3.63) is 23.9 Å². The molecule has 0 saturated heterocycles. The molecule has 1 heterocycles. The Bertz CT molecular complexity index is 587. The van der Waals surface area contributed by atoms with Gasteiger partial charge < -0.3 is 20.5 Å². The van der Waals surface area contributed by atoms with Crippen molar-refractivity contribution in [2.75, 3.05) is 19.7 Å². The summed E-state index contributed by atoms with van der Waals surface area (Å²) < 4.78 is 5.42. The van der Waals surface area contributed by atoms with Crippen molar-refractivity contribution in [3.8, 4) is 5.88 Å². The lowest BCUT2D eigenvalue weighted by Gasteiger charge is -2.42. The second-order valence-corrected chi connectivity index (χ2v) is 6.46. The van der Waals surface area contributed by atoms with Crippen LogP contribution >= 0.6 is 0 Å². The number of aliphatic carboxylic acids is 1. The molecule has 1 saturated carbocycles. The van der Waals surface area contributed by atoms with Crippen LogP contribution in [0.2, 0.25) is 0 Å². The molecular formula is C18H28N4O4. The van der Waals surface area contributed by atoms with E-state index in [2.05, 4.69) is 15.6 Å². The predicted octanol–water partition coefficient (Wildman–Crippen LogP) is 1.61. The molecule has 0 atom stereocenters. The number of nitrogens with zero attached hydrogens (tertiary/aromatic N) is 2. The van der Waals surface area contributed by atoms with E-state index in [0.717, 1.165) is 24.8 Å². The SMILES string of the molecule is CCCOc1ccc(CNC(=O)NC2CC(N(CC)CC(=O)O)C2)cn1. The molecule has 1 aliphatic carbocycles. The van der Waals surface area contributed by atoms with Gasteiger partial charge in [-0.1, -0.05) is 19.9 Å². The number of hydrogen-bond donors (Lipinski definition) is 3. The van der Waals surface area contributed by atoms with Crippen LogP contribution in [0.15, 0.2) is 18.3 Å². The van der Waals surface area contributed by atoms with E-state index in [1.54, 1.807) is 12.3 Å². The van der Waals surface area contributed by atoms with E-state index in [0.29, 0.717) is 25.6 Å². The Labute approximate surface area is 153 Å². The lowest BCUT2D eigenvalue weighted by Crippen LogP contribution is -2.56. The Morgan fingerprint density at radius 1 is 1.35 bits per heavy atom. The lowest BCUT2D eigenvalue weighted by atomic mass is 9.85. The molecule has 0 aromatic carbocycles. The molecule has 0 bridgehead atoms. The summed E-state index contributed by atoms with van der Waals surface area (Å²) in [5.41, 5.74) is 0.897. The predicted molar refractivity (Wildman–Crippen MR) is 97.1 cm³/mol. The zero-order valence-corrected chi connectivity index (χ0v) is 15.4. The van der Waals surface area contributed by atoms with Crippen LogP contribution in [0.25, 0.3) is 0 Å². The Balaban J connectivity index is 1.66. The number of rotatable bonds is 10. The summed E-state index contributed by atoms with van der Waals surface area (Å²) in [6.45, 7) is 5.75. The van der Waals surface area contributed by atoms with Gasteiger partial charge in [0.1, 0.15) is 0 Å². The molecule has 8 heteroatoms. The second-order valence-electron chi connectivity index (χ2n) is 6.46. The fraction of sp³-hybridized carbons (Fsp3) is 0.611. The fourth-order valence-electron chi connectivity index (χ4n) is 2.90. The topological polar surface area (TPSA) is 104 Å². The smallest absolute Gasteiger partial charge is 0.317 e. The molecule has 1 aliphatic rings. The number of nitrogens with one attached hydrogen (secondary N) is 2. The van der Waals surface area contributed by atoms with Crippen molar-refractivity contribution in [1.82, 2.24) is 20.5 Å². The monoisotopic (exact) mass is 364 g/mol. The molecule has 3 N–H and O–H groups in total. The summed E-state index contributed by atoms with van der Waals surface area (Å²) in [5, 5.41) is 14.6. The molecule has 0 aliphatic heterocycles. The van der Waals surface area contributed by atoms with Gasteiger partial charge in [0, 0.05) is 30.9 Å². The zero-order valence-electron chi connectivity index (χ0n) is 15.4. The van der Waals surface area contributed by atoms with E-state index in [-0.39, 0.29) is 24.7 Å². The molecule has 1 fully saturated rings. The minimum absolute atomic E-state index is 0.0467. The number of carbonyl (C=O) groups excluding carboxylic acids is 1. The van der Waals surface area contributed by atoms with Gasteiger partial charge in [-0.25, -0.2) is 9.78 Å². The van der Waals surface area contributed by atoms with Gasteiger partial charge in [-0.3, -0.25) is 9.69 Å². The van der Waals surface area contributed by atoms with E-state index in [9.17, 15) is 9.59 Å². The molecule has 0 spiro atoms. The van der Waals surface area contributed by atoms with Crippen LogP contribution in [0, 0.1) is 0 Å². The zero-order chi connectivity index (χ0) is 18.9. The van der Waals surface area contributed by atoms with Crippen LogP contribution in [-0.4, -0.2) is 58.8 Å². The number of amides is 2. The molecular weight excluding hydrogens is 336 g/mol. The number of aromatic nitrogens is 1. The summed E-state index contributed by atoms with van der Waals surface area (Å²) >= 11 is 0. The third-order valence-electron chi connectivity index (χ3n) is 4.41. The van der Waals surface area contributed by atoms with E-state index in [1.165, 1.54) is 0 Å². The summed E-state index contributed by atoms with van der Waals surface area (Å²) in [6.07, 6.45) is 4.17. The van der Waals surface area contributed by atoms with Crippen molar-refractivity contribution in [2.24, 2.45) is 0 Å². The Morgan fingerprint density at radius 2 is 2.12 bits per heavy atom. The van der Waals surface area contributed by atoms with Gasteiger partial charge in [-0.2, -0.15) is 0 Å². The molecule has 1 aromatic rings. The quantitative estimate of drug-likeness (QED) is 0.583. The summed E-state index contributed by atoms with van der Waals surface area (Å²) in [4.78, 5) is 28.9. The van der Waals surface area contributed by atoms with E-state index in [1.807, 2.05) is 24.8 Å². The van der Waals surface area contributed by atoms with Gasteiger partial charge in [-0.15, -0.1) is 0 Å². The first-order valence-electron chi connectivity index (χ1n) is 9.09. The van der Waals surface area contributed by atoms with Crippen molar-refractivity contribution in [3.63, 3.8) is 0 Å². The van der Waals surface area contributed by atoms with Gasteiger partial charge in [0.25, 0.3) is 0 Å². The maximum absolute atomic E-state index is 12.0. The summed E-state index contributed by atoms with van der Waals surface area (Å²) in [7, 11) is 0. The number of carboxylic acid groups (broad SMARTS) is 1. The molecule has 26 heavy (non-hydrogen) atoms. The van der Waals surface area contributed by atoms with E-state index < -0.39 is 5.97 Å². The van der Waals surface area contributed by atoms with Crippen molar-refractivity contribution >= 4 is 12.0 Å². The summed E-state index contributed by atoms with van der Waals surface area (Å²) in [5.74, 6) is -0.233. The maximum Gasteiger partial charge on any atom is 0.317 e. The first-order valence-corrected chi connectivity index (χ1v) is 9.09. The first-order chi connectivity index (χ1) is 12.5. The van der Waals surface area contributed by atoms with Crippen LogP contribution in [0.4, 0.5) is 4.79 Å². The summed E-state index contributed by atoms with van der Waals surface area (Å²) in [6, 6.07) is 3.76. The highest BCUT2D eigenvalue weighted by Gasteiger charge is 2.34. The molecule has 0 radical (unpaired) electrons. The number of likely N-dealkylation sites (N-methyl/N-ethyl adjacent to an activating group) is 1. The molecule has 0 unspecified atom stereocenters. The van der Waals surface area contributed by atoms with Gasteiger partial charge >= 0.3 is 12.0 Å². The van der Waals surface area contributed by atoms with Crippen LogP contribution in [-0.2, 0) is 11.3 Å². The highest BCUT2D eigenvalue weighted by atomic mass is 16.5. The average molecular weight is 364 g/mol. The standard InChI is InChI=1S/C18H28N4O4/c1-3-7-26-16-6-5-13(10-19-16)11-20-18(25)21-14-8-15(9-14)22(4-2)12-17(23)24/h5-6,10,14-15H,3-4,7-9,11-12H2,1-2H3,(H,23,24)(H2,20,21,25). The van der Waals surface area contributed by atoms with Gasteiger partial charge in [0.05, 0.1) is 13.2 Å². The van der Waals surface area contributed by atoms with Gasteiger partial charge in [0.2, 0.25) is 5.88 Å². The maximum atomic E-state index is 12.0. The van der Waals surface area contributed by atoms with E-state index in [4.69, 9.17) is 9.84 Å². The van der Waals surface area contributed by atoms with Crippen molar-refractivity contribution in [1.29, 1.82) is 0 Å². The minimum Gasteiger partial charge on any atom is -0.480 e. The lowest BCUT2D eigenvalue weighted by molar-refractivity contribution is -0.139. The third-order valence-corrected chi connectivity index (χ3v) is 4.41. The molecule has 8 nitrogen and oxygen atoms in total. The van der Waals surface area contributed by atoms with Gasteiger partial charge in [-0.05, 0) is 31.4 Å². The number of urea groups is 1. The molecule has 144 valence electrons. The number of ether oxygens (including phenoxy) is 1. The number of carboxylic acids is 1. The fourth-order valence-corrected chi connectivity index (χ4v) is 2.90. The Kier molecular flexibility index (Phi) is 7.65. The van der Waals surface area contributed by atoms with Crippen LogP contribution in [0.1, 0.15) is 38.7 Å². The number of pyridine rings is 1. The van der Waals surface area contributed by atoms with Crippen LogP contribution in [0.5, 0.6) is 5.88 Å². The first kappa shape index (κ1) is 20.0. The highest BCUT2D eigenvalue weighted by molar-refractivity contribution is 5.74. The van der Waals surface area contributed by atoms with Crippen molar-refractivity contribution in [2.45, 2.75) is 51.7 Å². The molecule has 2 rings (SSSR count). The number of carbonyl (C=O) groups is 2. The second kappa shape index (κ2) is 9.96. The van der Waals surface area contributed by atoms with Crippen LogP contribution < -0.4 is 15.4 Å². The minimum atomic E-state index is -0.819. The van der Waals surface area contributed by atoms with Crippen molar-refractivity contribution < 1.29 is 19.4 Å². The third kappa shape index (κ3) is 6.18. The van der Waals surface area contributed by atoms with Gasteiger partial charge in [0.15, 0.2) is 0 Å².